The van der Waals surface area contributed by atoms with Crippen LogP contribution in [-0.2, 0) is 6.54 Å². The van der Waals surface area contributed by atoms with Crippen LogP contribution in [0.25, 0.3) is 0 Å². The van der Waals surface area contributed by atoms with Crippen molar-refractivity contribution in [2.45, 2.75) is 103 Å². The fourth-order valence-electron chi connectivity index (χ4n) is 4.61. The Morgan fingerprint density at radius 1 is 0.585 bits per heavy atom. The molecular weight excluding hydrogens is 504 g/mol. The summed E-state index contributed by atoms with van der Waals surface area (Å²) in [5, 5.41) is 0. The van der Waals surface area contributed by atoms with E-state index in [1.54, 1.807) is 0 Å². The van der Waals surface area contributed by atoms with Gasteiger partial charge < -0.3 is 14.0 Å². The molecule has 218 valence electrons. The average molecular weight is 553 g/mol. The molecule has 1 heterocycles. The number of ether oxygens (including phenoxy) is 2. The van der Waals surface area contributed by atoms with Gasteiger partial charge >= 0.3 is 0 Å². The van der Waals surface area contributed by atoms with Crippen LogP contribution in [-0.4, -0.2) is 22.8 Å². The lowest BCUT2D eigenvalue weighted by atomic mass is 10.1. The molecule has 0 fully saturated rings. The number of hydrogen-bond acceptors (Lipinski definition) is 3. The summed E-state index contributed by atoms with van der Waals surface area (Å²) in [6.45, 7) is 4.83. The van der Waals surface area contributed by atoms with E-state index in [0.29, 0.717) is 0 Å². The first-order valence-electron chi connectivity index (χ1n) is 15.8. The van der Waals surface area contributed by atoms with E-state index in [2.05, 4.69) is 40.2 Å². The minimum absolute atomic E-state index is 0.741. The molecule has 0 amide bonds. The maximum absolute atomic E-state index is 5.90. The number of unbranched alkanes of at least 4 members (excludes halogenated alkanes) is 12. The van der Waals surface area contributed by atoms with Crippen molar-refractivity contribution in [1.29, 1.82) is 0 Å². The van der Waals surface area contributed by atoms with Crippen LogP contribution in [0.15, 0.2) is 67.3 Å². The molecule has 0 N–H and O–H groups in total. The number of rotatable bonds is 20. The van der Waals surface area contributed by atoms with Gasteiger partial charge in [0.2, 0.25) is 0 Å². The molecule has 41 heavy (non-hydrogen) atoms. The van der Waals surface area contributed by atoms with Gasteiger partial charge in [-0.3, -0.25) is 0 Å². The summed E-state index contributed by atoms with van der Waals surface area (Å²) in [4.78, 5) is 4.07. The van der Waals surface area contributed by atoms with E-state index in [1.165, 1.54) is 77.0 Å². The number of nitrogens with zero attached hydrogens (tertiary/aromatic N) is 2. The first kappa shape index (κ1) is 31.9. The maximum Gasteiger partial charge on any atom is 0.119 e. The molecular formula is C37H48N2O2. The van der Waals surface area contributed by atoms with Gasteiger partial charge in [-0.05, 0) is 79.6 Å². The summed E-state index contributed by atoms with van der Waals surface area (Å²) in [5.74, 6) is 13.9. The molecule has 4 heteroatoms. The Balaban J connectivity index is 1.23. The number of imidazole rings is 1. The van der Waals surface area contributed by atoms with E-state index >= 15 is 0 Å². The smallest absolute Gasteiger partial charge is 0.119 e. The highest BCUT2D eigenvalue weighted by Gasteiger charge is 1.97. The molecule has 0 bridgehead atoms. The zero-order chi connectivity index (χ0) is 28.6. The Morgan fingerprint density at radius 3 is 1.51 bits per heavy atom. The van der Waals surface area contributed by atoms with E-state index in [4.69, 9.17) is 9.47 Å². The average Bonchev–Trinajstić information content (AvgIpc) is 3.53. The number of aromatic nitrogens is 2. The van der Waals surface area contributed by atoms with Crippen LogP contribution < -0.4 is 9.47 Å². The van der Waals surface area contributed by atoms with Crippen molar-refractivity contribution in [1.82, 2.24) is 9.55 Å². The first-order valence-corrected chi connectivity index (χ1v) is 15.8. The lowest BCUT2D eigenvalue weighted by Gasteiger charge is -2.06. The third-order valence-electron chi connectivity index (χ3n) is 7.09. The predicted molar refractivity (Wildman–Crippen MR) is 170 cm³/mol. The molecule has 4 nitrogen and oxygen atoms in total. The van der Waals surface area contributed by atoms with Crippen molar-refractivity contribution in [3.05, 3.63) is 78.4 Å². The summed E-state index contributed by atoms with van der Waals surface area (Å²) in [6, 6.07) is 15.9. The normalized spacial score (nSPS) is 10.4. The van der Waals surface area contributed by atoms with Crippen molar-refractivity contribution in [2.75, 3.05) is 13.2 Å². The van der Waals surface area contributed by atoms with E-state index in [-0.39, 0.29) is 0 Å². The maximum atomic E-state index is 5.90. The van der Waals surface area contributed by atoms with Crippen LogP contribution in [0.2, 0.25) is 0 Å². The molecule has 0 radical (unpaired) electrons. The highest BCUT2D eigenvalue weighted by atomic mass is 16.5. The minimum atomic E-state index is 0.741. The van der Waals surface area contributed by atoms with Gasteiger partial charge in [0.15, 0.2) is 0 Å². The van der Waals surface area contributed by atoms with Gasteiger partial charge in [0, 0.05) is 30.1 Å². The zero-order valence-electron chi connectivity index (χ0n) is 25.1. The second-order valence-electron chi connectivity index (χ2n) is 10.6. The molecule has 0 saturated heterocycles. The third kappa shape index (κ3) is 15.1. The molecule has 0 spiro atoms. The zero-order valence-corrected chi connectivity index (χ0v) is 25.1. The Kier molecular flexibility index (Phi) is 16.5. The highest BCUT2D eigenvalue weighted by molar-refractivity contribution is 5.46. The molecule has 0 saturated carbocycles. The Hall–Kier alpha value is -3.63. The van der Waals surface area contributed by atoms with Crippen LogP contribution in [0.1, 0.15) is 108 Å². The van der Waals surface area contributed by atoms with Gasteiger partial charge in [-0.25, -0.2) is 4.98 Å². The number of benzene rings is 2. The molecule has 1 aromatic heterocycles. The van der Waals surface area contributed by atoms with Crippen molar-refractivity contribution in [2.24, 2.45) is 0 Å². The lowest BCUT2D eigenvalue weighted by molar-refractivity contribution is 0.304. The standard InChI is InChI=1S/C37H48N2O2/c1-2-3-4-5-6-7-8-9-11-16-31-40-36-24-20-34(21-25-36)18-13-14-19-35-22-26-37(27-23-35)41-32-17-12-10-15-29-39-30-28-38-33-39/h20-28,30,33H,2-12,15-17,29,31-32H2,1H3. The van der Waals surface area contributed by atoms with Crippen molar-refractivity contribution in [3.63, 3.8) is 0 Å². The Morgan fingerprint density at radius 2 is 1.05 bits per heavy atom. The van der Waals surface area contributed by atoms with Crippen LogP contribution in [0.3, 0.4) is 0 Å². The van der Waals surface area contributed by atoms with Crippen LogP contribution in [0, 0.1) is 23.7 Å². The van der Waals surface area contributed by atoms with Crippen molar-refractivity contribution in [3.8, 4) is 35.2 Å². The van der Waals surface area contributed by atoms with E-state index in [0.717, 1.165) is 55.2 Å². The summed E-state index contributed by atoms with van der Waals surface area (Å²) in [7, 11) is 0. The molecule has 2 aromatic carbocycles. The predicted octanol–water partition coefficient (Wildman–Crippen LogP) is 9.23. The van der Waals surface area contributed by atoms with Gasteiger partial charge in [0.05, 0.1) is 19.5 Å². The Labute approximate surface area is 248 Å². The lowest BCUT2D eigenvalue weighted by Crippen LogP contribution is -1.98. The molecule has 0 aliphatic carbocycles. The van der Waals surface area contributed by atoms with E-state index < -0.39 is 0 Å². The molecule has 0 atom stereocenters. The van der Waals surface area contributed by atoms with Crippen LogP contribution in [0.5, 0.6) is 11.5 Å². The van der Waals surface area contributed by atoms with Crippen molar-refractivity contribution >= 4 is 0 Å². The second kappa shape index (κ2) is 21.2. The molecule has 3 rings (SSSR count). The number of aryl methyl sites for hydroxylation is 1. The molecule has 0 aliphatic heterocycles. The van der Waals surface area contributed by atoms with Gasteiger partial charge in [-0.2, -0.15) is 0 Å². The second-order valence-corrected chi connectivity index (χ2v) is 10.6. The van der Waals surface area contributed by atoms with Gasteiger partial charge in [0.1, 0.15) is 11.5 Å². The summed E-state index contributed by atoms with van der Waals surface area (Å²) < 4.78 is 13.9. The molecule has 3 aromatic rings. The van der Waals surface area contributed by atoms with Crippen molar-refractivity contribution < 1.29 is 9.47 Å². The first-order chi connectivity index (χ1) is 20.3. The molecule has 0 aliphatic rings. The fraction of sp³-hybridized carbons (Fsp3) is 0.486. The fourth-order valence-corrected chi connectivity index (χ4v) is 4.61. The molecule has 0 unspecified atom stereocenters. The summed E-state index contributed by atoms with van der Waals surface area (Å²) in [5.41, 5.74) is 1.87. The van der Waals surface area contributed by atoms with Crippen LogP contribution >= 0.6 is 0 Å². The summed E-state index contributed by atoms with van der Waals surface area (Å²) >= 11 is 0. The Bertz CT molecular complexity index is 1180. The minimum Gasteiger partial charge on any atom is -0.494 e. The highest BCUT2D eigenvalue weighted by Crippen LogP contribution is 2.15. The summed E-state index contributed by atoms with van der Waals surface area (Å²) in [6.07, 6.45) is 23.7. The monoisotopic (exact) mass is 552 g/mol. The van der Waals surface area contributed by atoms with Crippen LogP contribution in [0.4, 0.5) is 0 Å². The SMILES string of the molecule is CCCCCCCCCCCCOc1ccc(C#CC#Cc2ccc(OCCCCCCn3ccnc3)cc2)cc1. The van der Waals surface area contributed by atoms with Gasteiger partial charge in [-0.1, -0.05) is 89.4 Å². The number of hydrogen-bond donors (Lipinski definition) is 0. The van der Waals surface area contributed by atoms with E-state index in [9.17, 15) is 0 Å². The quantitative estimate of drug-likeness (QED) is 0.104. The van der Waals surface area contributed by atoms with Gasteiger partial charge in [0.25, 0.3) is 0 Å². The topological polar surface area (TPSA) is 36.3 Å². The van der Waals surface area contributed by atoms with E-state index in [1.807, 2.05) is 67.3 Å². The third-order valence-corrected chi connectivity index (χ3v) is 7.09. The van der Waals surface area contributed by atoms with Gasteiger partial charge in [-0.15, -0.1) is 0 Å². The largest absolute Gasteiger partial charge is 0.494 e.